The summed E-state index contributed by atoms with van der Waals surface area (Å²) in [7, 11) is 0. The summed E-state index contributed by atoms with van der Waals surface area (Å²) in [4.78, 5) is 16.9. The first-order valence-electron chi connectivity index (χ1n) is 8.56. The molecule has 2 N–H and O–H groups in total. The lowest BCUT2D eigenvalue weighted by molar-refractivity contribution is -0.130. The number of amides is 1. The van der Waals surface area contributed by atoms with Gasteiger partial charge in [-0.25, -0.2) is 4.98 Å². The number of anilines is 1. The van der Waals surface area contributed by atoms with Crippen LogP contribution in [0.15, 0.2) is 12.1 Å². The zero-order chi connectivity index (χ0) is 17.3. The fraction of sp³-hybridized carbons (Fsp3) is 0.611. The monoisotopic (exact) mass is 346 g/mol. The SMILES string of the molecule is Cc1nc(NC(C)C2CC3CC(Cl)CCC3NC2=O)ccc1C#N. The van der Waals surface area contributed by atoms with Gasteiger partial charge in [-0.2, -0.15) is 5.26 Å². The molecule has 1 aromatic rings. The molecule has 1 saturated heterocycles. The molecule has 6 heteroatoms. The van der Waals surface area contributed by atoms with Crippen LogP contribution in [-0.2, 0) is 4.79 Å². The van der Waals surface area contributed by atoms with Crippen molar-refractivity contribution in [1.29, 1.82) is 5.26 Å². The Balaban J connectivity index is 1.68. The lowest BCUT2D eigenvalue weighted by Crippen LogP contribution is -2.55. The number of aromatic nitrogens is 1. The first-order chi connectivity index (χ1) is 11.5. The van der Waals surface area contributed by atoms with E-state index in [9.17, 15) is 4.79 Å². The van der Waals surface area contributed by atoms with Gasteiger partial charge in [0, 0.05) is 17.5 Å². The molecule has 0 spiro atoms. The van der Waals surface area contributed by atoms with Crippen molar-refractivity contribution in [2.75, 3.05) is 5.32 Å². The summed E-state index contributed by atoms with van der Waals surface area (Å²) in [6.45, 7) is 3.83. The molecule has 3 rings (SSSR count). The van der Waals surface area contributed by atoms with E-state index in [2.05, 4.69) is 21.7 Å². The molecule has 2 fully saturated rings. The Bertz CT molecular complexity index is 671. The van der Waals surface area contributed by atoms with Gasteiger partial charge in [0.15, 0.2) is 0 Å². The Morgan fingerprint density at radius 3 is 2.92 bits per heavy atom. The zero-order valence-electron chi connectivity index (χ0n) is 14.1. The van der Waals surface area contributed by atoms with E-state index in [0.717, 1.165) is 25.7 Å². The van der Waals surface area contributed by atoms with E-state index < -0.39 is 0 Å². The summed E-state index contributed by atoms with van der Waals surface area (Å²) in [5, 5.41) is 15.7. The van der Waals surface area contributed by atoms with Gasteiger partial charge in [-0.1, -0.05) is 0 Å². The highest BCUT2D eigenvalue weighted by molar-refractivity contribution is 6.20. The number of rotatable bonds is 3. The highest BCUT2D eigenvalue weighted by Gasteiger charge is 2.40. The second-order valence-corrected chi connectivity index (χ2v) is 7.62. The van der Waals surface area contributed by atoms with E-state index in [-0.39, 0.29) is 29.3 Å². The van der Waals surface area contributed by atoms with Crippen molar-refractivity contribution >= 4 is 23.3 Å². The molecule has 1 saturated carbocycles. The minimum atomic E-state index is -0.0917. The third kappa shape index (κ3) is 3.49. The molecule has 0 aromatic carbocycles. The number of alkyl halides is 1. The van der Waals surface area contributed by atoms with Crippen LogP contribution in [0.3, 0.4) is 0 Å². The van der Waals surface area contributed by atoms with E-state index in [1.54, 1.807) is 12.1 Å². The van der Waals surface area contributed by atoms with Crippen LogP contribution in [0.25, 0.3) is 0 Å². The summed E-state index contributed by atoms with van der Waals surface area (Å²) >= 11 is 6.31. The summed E-state index contributed by atoms with van der Waals surface area (Å²) in [5.41, 5.74) is 1.27. The fourth-order valence-electron chi connectivity index (χ4n) is 3.90. The number of fused-ring (bicyclic) bond motifs is 1. The minimum absolute atomic E-state index is 0.0264. The van der Waals surface area contributed by atoms with E-state index in [4.69, 9.17) is 16.9 Å². The van der Waals surface area contributed by atoms with Crippen LogP contribution in [0.2, 0.25) is 0 Å². The van der Waals surface area contributed by atoms with Gasteiger partial charge in [-0.15, -0.1) is 11.6 Å². The maximum Gasteiger partial charge on any atom is 0.225 e. The summed E-state index contributed by atoms with van der Waals surface area (Å²) in [5.74, 6) is 1.19. The lowest BCUT2D eigenvalue weighted by atomic mass is 9.74. The van der Waals surface area contributed by atoms with Crippen LogP contribution >= 0.6 is 11.6 Å². The number of carbonyl (C=O) groups excluding carboxylic acids is 1. The molecule has 0 bridgehead atoms. The average Bonchev–Trinajstić information content (AvgIpc) is 2.54. The number of piperidine rings is 1. The third-order valence-corrected chi connectivity index (χ3v) is 5.72. The largest absolute Gasteiger partial charge is 0.367 e. The molecule has 1 aliphatic heterocycles. The molecular weight excluding hydrogens is 324 g/mol. The van der Waals surface area contributed by atoms with Crippen molar-refractivity contribution in [1.82, 2.24) is 10.3 Å². The molecular formula is C18H23ClN4O. The maximum absolute atomic E-state index is 12.5. The Morgan fingerprint density at radius 1 is 1.42 bits per heavy atom. The van der Waals surface area contributed by atoms with Gasteiger partial charge >= 0.3 is 0 Å². The Morgan fingerprint density at radius 2 is 2.21 bits per heavy atom. The number of hydrogen-bond acceptors (Lipinski definition) is 4. The molecule has 1 amide bonds. The second-order valence-electron chi connectivity index (χ2n) is 7.00. The first-order valence-corrected chi connectivity index (χ1v) is 9.00. The highest BCUT2D eigenvalue weighted by atomic mass is 35.5. The minimum Gasteiger partial charge on any atom is -0.367 e. The quantitative estimate of drug-likeness (QED) is 0.825. The molecule has 1 aliphatic carbocycles. The van der Waals surface area contributed by atoms with Crippen molar-refractivity contribution < 1.29 is 4.79 Å². The molecule has 0 radical (unpaired) electrons. The van der Waals surface area contributed by atoms with E-state index >= 15 is 0 Å². The number of nitriles is 1. The molecule has 2 heterocycles. The molecule has 2 aliphatic rings. The summed E-state index contributed by atoms with van der Waals surface area (Å²) < 4.78 is 0. The van der Waals surface area contributed by atoms with Gasteiger partial charge in [-0.3, -0.25) is 4.79 Å². The van der Waals surface area contributed by atoms with E-state index in [1.807, 2.05) is 13.8 Å². The van der Waals surface area contributed by atoms with Gasteiger partial charge in [0.2, 0.25) is 5.91 Å². The summed E-state index contributed by atoms with van der Waals surface area (Å²) in [6.07, 6.45) is 3.80. The fourth-order valence-corrected chi connectivity index (χ4v) is 4.26. The van der Waals surface area contributed by atoms with Crippen LogP contribution in [0.5, 0.6) is 0 Å². The summed E-state index contributed by atoms with van der Waals surface area (Å²) in [6, 6.07) is 5.92. The number of pyridine rings is 1. The Hall–Kier alpha value is -1.80. The molecule has 5 unspecified atom stereocenters. The highest BCUT2D eigenvalue weighted by Crippen LogP contribution is 2.36. The number of carbonyl (C=O) groups is 1. The molecule has 5 atom stereocenters. The number of aryl methyl sites for hydroxylation is 1. The molecule has 5 nitrogen and oxygen atoms in total. The van der Waals surface area contributed by atoms with Gasteiger partial charge in [0.1, 0.15) is 11.9 Å². The molecule has 1 aromatic heterocycles. The average molecular weight is 347 g/mol. The Labute approximate surface area is 147 Å². The van der Waals surface area contributed by atoms with Gasteiger partial charge in [0.05, 0.1) is 17.2 Å². The van der Waals surface area contributed by atoms with Gasteiger partial charge in [0.25, 0.3) is 0 Å². The van der Waals surface area contributed by atoms with Crippen molar-refractivity contribution in [3.05, 3.63) is 23.4 Å². The topological polar surface area (TPSA) is 77.8 Å². The molecule has 128 valence electrons. The standard InChI is InChI=1S/C18H23ClN4O/c1-10-12(9-20)3-6-17(21-10)22-11(2)15-8-13-7-14(19)4-5-16(13)23-18(15)24/h3,6,11,13-16H,4-5,7-8H2,1-2H3,(H,21,22)(H,23,24). The van der Waals surface area contributed by atoms with Gasteiger partial charge < -0.3 is 10.6 Å². The molecule has 24 heavy (non-hydrogen) atoms. The van der Waals surface area contributed by atoms with Crippen molar-refractivity contribution in [3.8, 4) is 6.07 Å². The number of hydrogen-bond donors (Lipinski definition) is 2. The zero-order valence-corrected chi connectivity index (χ0v) is 14.8. The number of halogens is 1. The number of nitrogens with zero attached hydrogens (tertiary/aromatic N) is 2. The Kier molecular flexibility index (Phi) is 4.96. The predicted molar refractivity (Wildman–Crippen MR) is 93.8 cm³/mol. The number of nitrogens with one attached hydrogen (secondary N) is 2. The van der Waals surface area contributed by atoms with Gasteiger partial charge in [-0.05, 0) is 57.6 Å². The van der Waals surface area contributed by atoms with Crippen molar-refractivity contribution in [2.24, 2.45) is 11.8 Å². The maximum atomic E-state index is 12.5. The van der Waals surface area contributed by atoms with Crippen LogP contribution in [0, 0.1) is 30.1 Å². The van der Waals surface area contributed by atoms with Crippen LogP contribution in [0.4, 0.5) is 5.82 Å². The van der Waals surface area contributed by atoms with E-state index in [1.165, 1.54) is 0 Å². The van der Waals surface area contributed by atoms with Crippen LogP contribution in [-0.4, -0.2) is 28.4 Å². The van der Waals surface area contributed by atoms with E-state index in [0.29, 0.717) is 23.0 Å². The first kappa shape index (κ1) is 17.0. The third-order valence-electron chi connectivity index (χ3n) is 5.32. The van der Waals surface area contributed by atoms with Crippen molar-refractivity contribution in [2.45, 2.75) is 57.0 Å². The van der Waals surface area contributed by atoms with Crippen LogP contribution < -0.4 is 10.6 Å². The smallest absolute Gasteiger partial charge is 0.225 e. The second kappa shape index (κ2) is 6.98. The normalized spacial score (nSPS) is 30.7. The lowest BCUT2D eigenvalue weighted by Gasteiger charge is -2.42. The van der Waals surface area contributed by atoms with Crippen molar-refractivity contribution in [3.63, 3.8) is 0 Å². The predicted octanol–water partition coefficient (Wildman–Crippen LogP) is 2.97. The van der Waals surface area contributed by atoms with Crippen LogP contribution in [0.1, 0.15) is 43.9 Å².